The number of piperazine rings is 1. The highest BCUT2D eigenvalue weighted by molar-refractivity contribution is 5.89. The predicted octanol–water partition coefficient (Wildman–Crippen LogP) is 1.81. The van der Waals surface area contributed by atoms with Gasteiger partial charge in [0.05, 0.1) is 5.52 Å². The Morgan fingerprint density at radius 2 is 1.60 bits per heavy atom. The molecule has 7 heteroatoms. The average Bonchev–Trinajstić information content (AvgIpc) is 2.68. The number of hydrogen-bond acceptors (Lipinski definition) is 7. The number of rotatable bonds is 3. The minimum Gasteiger partial charge on any atom is -0.361 e. The molecule has 4 rings (SSSR count). The molecule has 3 heterocycles. The number of para-hydroxylation sites is 1. The molecule has 0 N–H and O–H groups in total. The molecule has 7 nitrogen and oxygen atoms in total. The Kier molecular flexibility index (Phi) is 4.05. The van der Waals surface area contributed by atoms with Crippen LogP contribution in [0.15, 0.2) is 42.7 Å². The summed E-state index contributed by atoms with van der Waals surface area (Å²) >= 11 is 0. The fourth-order valence-electron chi connectivity index (χ4n) is 3.12. The third-order valence-electron chi connectivity index (χ3n) is 4.52. The van der Waals surface area contributed by atoms with Gasteiger partial charge in [0, 0.05) is 45.7 Å². The van der Waals surface area contributed by atoms with Crippen LogP contribution in [0.1, 0.15) is 0 Å². The van der Waals surface area contributed by atoms with Gasteiger partial charge in [0.1, 0.15) is 12.1 Å². The van der Waals surface area contributed by atoms with E-state index in [1.54, 1.807) is 6.33 Å². The number of hydrogen-bond donors (Lipinski definition) is 0. The van der Waals surface area contributed by atoms with Gasteiger partial charge in [0.25, 0.3) is 0 Å². The van der Waals surface area contributed by atoms with Gasteiger partial charge in [-0.15, -0.1) is 10.2 Å². The van der Waals surface area contributed by atoms with E-state index in [0.29, 0.717) is 0 Å². The van der Waals surface area contributed by atoms with E-state index in [4.69, 9.17) is 0 Å². The molecule has 0 amide bonds. The maximum atomic E-state index is 4.52. The minimum absolute atomic E-state index is 0.870. The lowest BCUT2D eigenvalue weighted by atomic mass is 10.2. The highest BCUT2D eigenvalue weighted by atomic mass is 15.3. The van der Waals surface area contributed by atoms with Crippen LogP contribution < -0.4 is 14.7 Å². The molecule has 0 bridgehead atoms. The highest BCUT2D eigenvalue weighted by Crippen LogP contribution is 2.24. The second kappa shape index (κ2) is 6.51. The minimum atomic E-state index is 0.870. The van der Waals surface area contributed by atoms with Crippen LogP contribution >= 0.6 is 0 Å². The number of nitrogens with zero attached hydrogens (tertiary/aromatic N) is 7. The van der Waals surface area contributed by atoms with E-state index in [1.165, 1.54) is 0 Å². The van der Waals surface area contributed by atoms with Gasteiger partial charge in [-0.05, 0) is 24.3 Å². The van der Waals surface area contributed by atoms with Crippen molar-refractivity contribution < 1.29 is 0 Å². The molecule has 2 aromatic heterocycles. The summed E-state index contributed by atoms with van der Waals surface area (Å²) in [6.07, 6.45) is 1.65. The Bertz CT molecular complexity index is 849. The van der Waals surface area contributed by atoms with Crippen molar-refractivity contribution in [2.45, 2.75) is 0 Å². The first kappa shape index (κ1) is 15.6. The Morgan fingerprint density at radius 1 is 0.840 bits per heavy atom. The van der Waals surface area contributed by atoms with Crippen molar-refractivity contribution in [3.05, 3.63) is 42.7 Å². The molecule has 1 fully saturated rings. The summed E-state index contributed by atoms with van der Waals surface area (Å²) in [5.41, 5.74) is 0.986. The van der Waals surface area contributed by atoms with Gasteiger partial charge < -0.3 is 14.7 Å². The SMILES string of the molecule is CN(C)c1ccc(N2CCN(c3ncnc4ccccc34)CC2)nn1. The van der Waals surface area contributed by atoms with Crippen LogP contribution in [-0.4, -0.2) is 60.4 Å². The van der Waals surface area contributed by atoms with E-state index in [9.17, 15) is 0 Å². The van der Waals surface area contributed by atoms with Gasteiger partial charge in [-0.3, -0.25) is 0 Å². The van der Waals surface area contributed by atoms with E-state index in [-0.39, 0.29) is 0 Å². The average molecular weight is 335 g/mol. The van der Waals surface area contributed by atoms with Gasteiger partial charge in [-0.1, -0.05) is 12.1 Å². The molecule has 0 atom stereocenters. The molecule has 0 aliphatic carbocycles. The summed E-state index contributed by atoms with van der Waals surface area (Å²) in [5.74, 6) is 2.81. The van der Waals surface area contributed by atoms with Crippen LogP contribution in [0.4, 0.5) is 17.5 Å². The summed E-state index contributed by atoms with van der Waals surface area (Å²) in [6, 6.07) is 12.2. The van der Waals surface area contributed by atoms with Crippen LogP contribution in [-0.2, 0) is 0 Å². The molecule has 0 radical (unpaired) electrons. The topological polar surface area (TPSA) is 61.3 Å². The Morgan fingerprint density at radius 3 is 2.32 bits per heavy atom. The van der Waals surface area contributed by atoms with Gasteiger partial charge in [0.2, 0.25) is 0 Å². The van der Waals surface area contributed by atoms with Gasteiger partial charge in [-0.25, -0.2) is 9.97 Å². The lowest BCUT2D eigenvalue weighted by molar-refractivity contribution is 0.639. The van der Waals surface area contributed by atoms with Crippen molar-refractivity contribution >= 4 is 28.4 Å². The number of aromatic nitrogens is 4. The van der Waals surface area contributed by atoms with Crippen LogP contribution in [0, 0.1) is 0 Å². The molecule has 1 saturated heterocycles. The zero-order chi connectivity index (χ0) is 17.2. The van der Waals surface area contributed by atoms with Crippen molar-refractivity contribution in [2.75, 3.05) is 55.0 Å². The fraction of sp³-hybridized carbons (Fsp3) is 0.333. The normalized spacial score (nSPS) is 14.8. The molecular formula is C18H21N7. The third-order valence-corrected chi connectivity index (χ3v) is 4.52. The Balaban J connectivity index is 1.49. The lowest BCUT2D eigenvalue weighted by Crippen LogP contribution is -2.47. The molecule has 1 aromatic carbocycles. The maximum Gasteiger partial charge on any atom is 0.151 e. The first-order valence-corrected chi connectivity index (χ1v) is 8.43. The van der Waals surface area contributed by atoms with Gasteiger partial charge >= 0.3 is 0 Å². The molecule has 0 unspecified atom stereocenters. The smallest absolute Gasteiger partial charge is 0.151 e. The largest absolute Gasteiger partial charge is 0.361 e. The van der Waals surface area contributed by atoms with Crippen molar-refractivity contribution in [3.8, 4) is 0 Å². The molecular weight excluding hydrogens is 314 g/mol. The summed E-state index contributed by atoms with van der Waals surface area (Å²) in [4.78, 5) is 15.4. The summed E-state index contributed by atoms with van der Waals surface area (Å²) in [6.45, 7) is 3.60. The summed E-state index contributed by atoms with van der Waals surface area (Å²) in [5, 5.41) is 9.74. The Hall–Kier alpha value is -2.96. The van der Waals surface area contributed by atoms with Crippen molar-refractivity contribution in [1.29, 1.82) is 0 Å². The van der Waals surface area contributed by atoms with Crippen LogP contribution in [0.25, 0.3) is 10.9 Å². The van der Waals surface area contributed by atoms with Crippen molar-refractivity contribution in [2.24, 2.45) is 0 Å². The molecule has 25 heavy (non-hydrogen) atoms. The first-order chi connectivity index (χ1) is 12.2. The lowest BCUT2D eigenvalue weighted by Gasteiger charge is -2.36. The molecule has 0 saturated carbocycles. The fourth-order valence-corrected chi connectivity index (χ4v) is 3.12. The monoisotopic (exact) mass is 335 g/mol. The molecule has 1 aliphatic rings. The first-order valence-electron chi connectivity index (χ1n) is 8.43. The highest BCUT2D eigenvalue weighted by Gasteiger charge is 2.21. The van der Waals surface area contributed by atoms with E-state index in [2.05, 4.69) is 36.0 Å². The van der Waals surface area contributed by atoms with Crippen molar-refractivity contribution in [1.82, 2.24) is 20.2 Å². The maximum absolute atomic E-state index is 4.52. The zero-order valence-electron chi connectivity index (χ0n) is 14.5. The van der Waals surface area contributed by atoms with E-state index in [0.717, 1.165) is 54.5 Å². The van der Waals surface area contributed by atoms with E-state index >= 15 is 0 Å². The number of anilines is 3. The standard InChI is InChI=1S/C18H21N7/c1-23(2)16-7-8-17(22-21-16)24-9-11-25(12-10-24)18-14-5-3-4-6-15(14)19-13-20-18/h3-8,13H,9-12H2,1-2H3. The van der Waals surface area contributed by atoms with Crippen LogP contribution in [0.2, 0.25) is 0 Å². The number of fused-ring (bicyclic) bond motifs is 1. The Labute approximate surface area is 146 Å². The van der Waals surface area contributed by atoms with E-state index < -0.39 is 0 Å². The summed E-state index contributed by atoms with van der Waals surface area (Å²) < 4.78 is 0. The van der Waals surface area contributed by atoms with Gasteiger partial charge in [-0.2, -0.15) is 0 Å². The molecule has 1 aliphatic heterocycles. The quantitative estimate of drug-likeness (QED) is 0.723. The van der Waals surface area contributed by atoms with Crippen molar-refractivity contribution in [3.63, 3.8) is 0 Å². The molecule has 0 spiro atoms. The molecule has 3 aromatic rings. The molecule has 128 valence electrons. The predicted molar refractivity (Wildman–Crippen MR) is 100 cm³/mol. The second-order valence-corrected chi connectivity index (χ2v) is 6.33. The van der Waals surface area contributed by atoms with Gasteiger partial charge in [0.15, 0.2) is 11.6 Å². The second-order valence-electron chi connectivity index (χ2n) is 6.33. The third kappa shape index (κ3) is 3.05. The van der Waals surface area contributed by atoms with E-state index in [1.807, 2.05) is 49.3 Å². The number of benzene rings is 1. The van der Waals surface area contributed by atoms with Crippen LogP contribution in [0.3, 0.4) is 0 Å². The zero-order valence-corrected chi connectivity index (χ0v) is 14.5. The van der Waals surface area contributed by atoms with Crippen LogP contribution in [0.5, 0.6) is 0 Å². The summed E-state index contributed by atoms with van der Waals surface area (Å²) in [7, 11) is 3.93.